The number of pyridine rings is 2. The van der Waals surface area contributed by atoms with Crippen molar-refractivity contribution in [1.29, 1.82) is 0 Å². The topological polar surface area (TPSA) is 92.8 Å². The van der Waals surface area contributed by atoms with Crippen LogP contribution < -0.4 is 25.6 Å². The van der Waals surface area contributed by atoms with Gasteiger partial charge in [0.2, 0.25) is 0 Å². The summed E-state index contributed by atoms with van der Waals surface area (Å²) in [6, 6.07) is 50.3. The lowest BCUT2D eigenvalue weighted by Crippen LogP contribution is -2.16. The smallest absolute Gasteiger partial charge is 0.122 e. The lowest BCUT2D eigenvalue weighted by atomic mass is 10.2. The highest BCUT2D eigenvalue weighted by molar-refractivity contribution is 7.29. The van der Waals surface area contributed by atoms with Crippen molar-refractivity contribution in [3.63, 3.8) is 0 Å². The molecular weight excluding hydrogens is 1480 g/mol. The first kappa shape index (κ1) is 79.0. The number of thiophene rings is 11. The number of benzene rings is 1. The van der Waals surface area contributed by atoms with Crippen LogP contribution in [0.2, 0.25) is 0 Å². The molecule has 0 amide bonds. The molecule has 0 fully saturated rings. The van der Waals surface area contributed by atoms with Crippen molar-refractivity contribution in [3.05, 3.63) is 258 Å². The van der Waals surface area contributed by atoms with Gasteiger partial charge in [-0.05, 0) is 251 Å². The molecule has 0 radical (unpaired) electrons. The summed E-state index contributed by atoms with van der Waals surface area (Å²) in [7, 11) is 9.69. The van der Waals surface area contributed by atoms with Gasteiger partial charge in [0.05, 0.1) is 23.0 Å². The third-order valence-corrected chi connectivity index (χ3v) is 29.2. The van der Waals surface area contributed by atoms with Gasteiger partial charge in [0, 0.05) is 187 Å². The minimum absolute atomic E-state index is 0.639. The Labute approximate surface area is 654 Å². The summed E-state index contributed by atoms with van der Waals surface area (Å²) in [6.45, 7) is 29.4. The van der Waals surface area contributed by atoms with Gasteiger partial charge in [-0.1, -0.05) is 17.7 Å². The molecule has 0 spiro atoms. The molecule has 0 aliphatic rings. The van der Waals surface area contributed by atoms with Crippen molar-refractivity contribution in [1.82, 2.24) is 20.6 Å². The van der Waals surface area contributed by atoms with E-state index in [4.69, 9.17) is 14.2 Å². The number of nitrogens with one attached hydrogen (secondary N) is 3. The van der Waals surface area contributed by atoms with Crippen LogP contribution in [0, 0.1) is 76.2 Å². The highest BCUT2D eigenvalue weighted by Gasteiger charge is 2.19. The number of hydrogen-bond acceptors (Lipinski definition) is 20. The van der Waals surface area contributed by atoms with Crippen LogP contribution in [0.15, 0.2) is 164 Å². The van der Waals surface area contributed by atoms with E-state index < -0.39 is 0 Å². The number of hydrogen-bond donors (Lipinski definition) is 3. The van der Waals surface area contributed by atoms with Crippen molar-refractivity contribution >= 4 is 136 Å². The summed E-state index contributed by atoms with van der Waals surface area (Å²) >= 11 is 20.6. The summed E-state index contributed by atoms with van der Waals surface area (Å²) in [4.78, 5) is 40.1. The number of rotatable bonds is 23. The molecular formula is C83H92N6O3S11. The van der Waals surface area contributed by atoms with Crippen LogP contribution in [0.3, 0.4) is 0 Å². The number of methoxy groups -OCH3 is 2. The molecule has 0 saturated heterocycles. The number of anilines is 2. The highest BCUT2D eigenvalue weighted by Crippen LogP contribution is 2.47. The van der Waals surface area contributed by atoms with E-state index in [-0.39, 0.29) is 0 Å². The molecule has 1 aromatic carbocycles. The summed E-state index contributed by atoms with van der Waals surface area (Å²) in [5.41, 5.74) is 13.2. The summed E-state index contributed by atoms with van der Waals surface area (Å²) in [5, 5.41) is 9.97. The standard InChI is InChI=1S/C22H24N2S4.C22H22O2S4.C15H19NS.C12H14N2S.C12H13NOS/c2*1-13-9-15(11-23-3)21(25-13)19-7-5-17(27-19)18-6-8-20(28-18)22-16(12-24-4)10-14(2)26-22;1-11-5-7-15(8-6-11)16(4)10-14-9-12(2)17-13(14)3;2*1-9-7-11(10(2)15-9)8-14-12-3-5-13-6-4-12/h5-10,23-24H,11-12H2,1-4H3;5-10H,11-12H2,1-4H3;5-9H,10H2,1-4H3;3-7H,8H2,1-2H3,(H,13,14);3-7H,8H2,1-2H3. The van der Waals surface area contributed by atoms with E-state index in [1.54, 1.807) is 39.0 Å². The fourth-order valence-corrected chi connectivity index (χ4v) is 23.3. The van der Waals surface area contributed by atoms with E-state index in [9.17, 15) is 0 Å². The van der Waals surface area contributed by atoms with Crippen LogP contribution in [-0.2, 0) is 55.5 Å². The van der Waals surface area contributed by atoms with E-state index in [1.807, 2.05) is 163 Å². The van der Waals surface area contributed by atoms with Gasteiger partial charge < -0.3 is 35.1 Å². The SMILES string of the molecule is CNCc1cc(C)sc1-c1ccc(-c2ccc(-c3sc(C)cc3CNC)s2)s1.COCc1cc(C)sc1-c1ccc(-c2ccc(-c3sc(C)cc3COC)s2)s1.Cc1cc(CNc2ccncc2)c(C)s1.Cc1cc(COc2ccncc2)c(C)s1.Cc1ccc(N(C)Cc2cc(C)sc2C)cc1. The largest absolute Gasteiger partial charge is 0.489 e. The van der Waals surface area contributed by atoms with Crippen molar-refractivity contribution in [2.45, 2.75) is 122 Å². The molecule has 0 aliphatic carbocycles. The zero-order valence-electron chi connectivity index (χ0n) is 61.6. The summed E-state index contributed by atoms with van der Waals surface area (Å²) in [6.07, 6.45) is 7.07. The highest BCUT2D eigenvalue weighted by atomic mass is 32.1. The quantitative estimate of drug-likeness (QED) is 0.0579. The Morgan fingerprint density at radius 2 is 0.680 bits per heavy atom. The summed E-state index contributed by atoms with van der Waals surface area (Å²) < 4.78 is 16.4. The maximum Gasteiger partial charge on any atom is 0.122 e. The predicted molar refractivity (Wildman–Crippen MR) is 459 cm³/mol. The molecule has 538 valence electrons. The monoisotopic (exact) mass is 1570 g/mol. The fourth-order valence-electron chi connectivity index (χ4n) is 11.6. The lowest BCUT2D eigenvalue weighted by molar-refractivity contribution is 0.185. The van der Waals surface area contributed by atoms with Crippen LogP contribution in [0.25, 0.3) is 58.5 Å². The van der Waals surface area contributed by atoms with Crippen LogP contribution >= 0.6 is 125 Å². The van der Waals surface area contributed by atoms with Gasteiger partial charge in [-0.15, -0.1) is 125 Å². The van der Waals surface area contributed by atoms with Crippen LogP contribution in [-0.4, -0.2) is 45.3 Å². The lowest BCUT2D eigenvalue weighted by Gasteiger charge is -2.19. The molecule has 0 bridgehead atoms. The maximum absolute atomic E-state index is 5.65. The Kier molecular flexibility index (Phi) is 29.7. The Morgan fingerprint density at radius 1 is 0.340 bits per heavy atom. The van der Waals surface area contributed by atoms with Crippen LogP contribution in [0.4, 0.5) is 11.4 Å². The number of ether oxygens (including phenoxy) is 3. The first-order valence-electron chi connectivity index (χ1n) is 33.9. The number of aromatic nitrogens is 2. The predicted octanol–water partition coefficient (Wildman–Crippen LogP) is 25.9. The second kappa shape index (κ2) is 38.6. The van der Waals surface area contributed by atoms with Gasteiger partial charge in [0.25, 0.3) is 0 Å². The second-order valence-electron chi connectivity index (χ2n) is 25.0. The molecule has 9 nitrogen and oxygen atoms in total. The molecule has 103 heavy (non-hydrogen) atoms. The van der Waals surface area contributed by atoms with E-state index in [0.29, 0.717) is 19.8 Å². The normalized spacial score (nSPS) is 11.0. The maximum atomic E-state index is 5.65. The van der Waals surface area contributed by atoms with Gasteiger partial charge in [-0.2, -0.15) is 0 Å². The minimum atomic E-state index is 0.639. The average Bonchev–Trinajstić information content (AvgIpc) is 1.66. The Morgan fingerprint density at radius 3 is 1.06 bits per heavy atom. The molecule has 0 unspecified atom stereocenters. The van der Waals surface area contributed by atoms with Crippen molar-refractivity contribution in [2.75, 3.05) is 45.6 Å². The van der Waals surface area contributed by atoms with E-state index in [0.717, 1.165) is 37.6 Å². The Balaban J connectivity index is 0.000000143. The van der Waals surface area contributed by atoms with Gasteiger partial charge in [-0.3, -0.25) is 9.97 Å². The second-order valence-corrected chi connectivity index (χ2v) is 38.7. The molecule has 13 heterocycles. The molecule has 13 aromatic heterocycles. The third kappa shape index (κ3) is 22.3. The average molecular weight is 1570 g/mol. The molecule has 3 N–H and O–H groups in total. The van der Waals surface area contributed by atoms with Gasteiger partial charge >= 0.3 is 0 Å². The zero-order valence-corrected chi connectivity index (χ0v) is 70.6. The van der Waals surface area contributed by atoms with Gasteiger partial charge in [0.1, 0.15) is 12.4 Å². The van der Waals surface area contributed by atoms with Crippen molar-refractivity contribution in [2.24, 2.45) is 0 Å². The molecule has 14 rings (SSSR count). The van der Waals surface area contributed by atoms with Crippen molar-refractivity contribution in [3.8, 4) is 64.3 Å². The van der Waals surface area contributed by atoms with Crippen molar-refractivity contribution < 1.29 is 14.2 Å². The van der Waals surface area contributed by atoms with Gasteiger partial charge in [-0.25, -0.2) is 0 Å². The molecule has 0 saturated carbocycles. The first-order chi connectivity index (χ1) is 49.7. The van der Waals surface area contributed by atoms with Crippen LogP contribution in [0.1, 0.15) is 93.3 Å². The zero-order chi connectivity index (χ0) is 73.1. The molecule has 14 aromatic rings. The Bertz CT molecular complexity index is 4480. The van der Waals surface area contributed by atoms with Crippen LogP contribution in [0.5, 0.6) is 5.75 Å². The number of aryl methyl sites for hydroxylation is 11. The molecule has 20 heteroatoms. The summed E-state index contributed by atoms with van der Waals surface area (Å²) in [5.74, 6) is 0.869. The van der Waals surface area contributed by atoms with E-state index >= 15 is 0 Å². The first-order valence-corrected chi connectivity index (χ1v) is 42.9. The molecule has 0 aliphatic heterocycles. The van der Waals surface area contributed by atoms with Gasteiger partial charge in [0.15, 0.2) is 0 Å². The van der Waals surface area contributed by atoms with E-state index in [1.165, 1.54) is 157 Å². The Hall–Kier alpha value is -6.54. The fraction of sp³-hybridized carbons (Fsp3) is 0.277. The number of nitrogens with zero attached hydrogens (tertiary/aromatic N) is 3. The third-order valence-electron chi connectivity index (χ3n) is 16.4. The molecule has 0 atom stereocenters. The van der Waals surface area contributed by atoms with E-state index in [2.05, 4.69) is 229 Å². The minimum Gasteiger partial charge on any atom is -0.489 e.